The molecular formula is C23H25N3O7. The van der Waals surface area contributed by atoms with E-state index in [1.54, 1.807) is 26.0 Å². The fourth-order valence-electron chi connectivity index (χ4n) is 3.00. The van der Waals surface area contributed by atoms with Gasteiger partial charge in [-0.2, -0.15) is 0 Å². The summed E-state index contributed by atoms with van der Waals surface area (Å²) >= 11 is 0. The summed E-state index contributed by atoms with van der Waals surface area (Å²) in [7, 11) is 0. The largest absolute Gasteiger partial charge is 0.490 e. The second-order valence-electron chi connectivity index (χ2n) is 6.60. The third kappa shape index (κ3) is 5.53. The van der Waals surface area contributed by atoms with Crippen molar-refractivity contribution < 1.29 is 28.2 Å². The summed E-state index contributed by atoms with van der Waals surface area (Å²) < 4.78 is 22.0. The van der Waals surface area contributed by atoms with Crippen molar-refractivity contribution in [2.24, 2.45) is 0 Å². The summed E-state index contributed by atoms with van der Waals surface area (Å²) in [6, 6.07) is 9.21. The molecule has 174 valence electrons. The van der Waals surface area contributed by atoms with Gasteiger partial charge < -0.3 is 23.6 Å². The van der Waals surface area contributed by atoms with E-state index in [0.717, 1.165) is 0 Å². The minimum Gasteiger partial charge on any atom is -0.490 e. The van der Waals surface area contributed by atoms with E-state index >= 15 is 0 Å². The predicted octanol–water partition coefficient (Wildman–Crippen LogP) is 2.91. The summed E-state index contributed by atoms with van der Waals surface area (Å²) in [6.45, 7) is 6.52. The first-order valence-corrected chi connectivity index (χ1v) is 10.4. The van der Waals surface area contributed by atoms with Crippen molar-refractivity contribution in [3.05, 3.63) is 64.1 Å². The van der Waals surface area contributed by atoms with Crippen molar-refractivity contribution in [3.8, 4) is 28.7 Å². The highest BCUT2D eigenvalue weighted by Gasteiger charge is 2.19. The lowest BCUT2D eigenvalue weighted by atomic mass is 10.1. The highest BCUT2D eigenvalue weighted by atomic mass is 16.5. The zero-order valence-corrected chi connectivity index (χ0v) is 18.5. The first kappa shape index (κ1) is 23.5. The monoisotopic (exact) mass is 455 g/mol. The SMILES string of the molecule is CCOc1cc(C(=O)NNC(=O)c2ccc(-c3ccco3)[nH]c2=O)cc(OCC)c1OCC. The van der Waals surface area contributed by atoms with Crippen molar-refractivity contribution >= 4 is 11.8 Å². The minimum absolute atomic E-state index is 0.174. The molecule has 0 fully saturated rings. The first-order chi connectivity index (χ1) is 16.0. The number of hydrogen-bond acceptors (Lipinski definition) is 7. The molecule has 0 saturated heterocycles. The number of hydrogen-bond donors (Lipinski definition) is 3. The van der Waals surface area contributed by atoms with Gasteiger partial charge in [0.1, 0.15) is 11.3 Å². The number of aromatic nitrogens is 1. The van der Waals surface area contributed by atoms with Gasteiger partial charge in [-0.1, -0.05) is 0 Å². The molecule has 0 spiro atoms. The molecule has 0 aliphatic carbocycles. The lowest BCUT2D eigenvalue weighted by Crippen LogP contribution is -2.43. The summed E-state index contributed by atoms with van der Waals surface area (Å²) in [5, 5.41) is 0. The number of amides is 2. The van der Waals surface area contributed by atoms with Crippen LogP contribution in [0.4, 0.5) is 0 Å². The minimum atomic E-state index is -0.781. The van der Waals surface area contributed by atoms with Crippen molar-refractivity contribution in [2.75, 3.05) is 19.8 Å². The molecule has 2 amide bonds. The Morgan fingerprint density at radius 2 is 1.55 bits per heavy atom. The lowest BCUT2D eigenvalue weighted by molar-refractivity contribution is 0.0845. The number of pyridine rings is 1. The maximum atomic E-state index is 12.7. The zero-order chi connectivity index (χ0) is 23.8. The van der Waals surface area contributed by atoms with Crippen molar-refractivity contribution in [1.29, 1.82) is 0 Å². The number of benzene rings is 1. The van der Waals surface area contributed by atoms with Gasteiger partial charge in [-0.3, -0.25) is 25.2 Å². The molecular weight excluding hydrogens is 430 g/mol. The van der Waals surface area contributed by atoms with Crippen LogP contribution in [-0.4, -0.2) is 36.6 Å². The van der Waals surface area contributed by atoms with Gasteiger partial charge in [-0.15, -0.1) is 0 Å². The Balaban J connectivity index is 1.76. The molecule has 10 heteroatoms. The van der Waals surface area contributed by atoms with E-state index in [1.807, 2.05) is 6.92 Å². The van der Waals surface area contributed by atoms with Gasteiger partial charge in [0.05, 0.1) is 31.8 Å². The molecule has 0 aliphatic heterocycles. The van der Waals surface area contributed by atoms with Crippen molar-refractivity contribution in [3.63, 3.8) is 0 Å². The average Bonchev–Trinajstić information content (AvgIpc) is 3.34. The van der Waals surface area contributed by atoms with E-state index in [9.17, 15) is 14.4 Å². The Bertz CT molecular complexity index is 1140. The standard InChI is InChI=1S/C23H25N3O7/c1-4-30-18-12-14(13-19(31-5-2)20(18)32-6-3)21(27)25-26-23(29)15-9-10-16(24-22(15)28)17-8-7-11-33-17/h7-13H,4-6H2,1-3H3,(H,24,28)(H,25,27)(H,26,29). The van der Waals surface area contributed by atoms with Crippen LogP contribution in [0, 0.1) is 0 Å². The van der Waals surface area contributed by atoms with E-state index in [-0.39, 0.29) is 11.1 Å². The smallest absolute Gasteiger partial charge is 0.275 e. The van der Waals surface area contributed by atoms with Crippen LogP contribution >= 0.6 is 0 Å². The molecule has 0 aliphatic rings. The van der Waals surface area contributed by atoms with E-state index in [2.05, 4.69) is 15.8 Å². The number of hydrazine groups is 1. The van der Waals surface area contributed by atoms with Crippen molar-refractivity contribution in [1.82, 2.24) is 15.8 Å². The summed E-state index contributed by atoms with van der Waals surface area (Å²) in [6.07, 6.45) is 1.47. The Hall–Kier alpha value is -4.21. The van der Waals surface area contributed by atoms with Gasteiger partial charge in [0, 0.05) is 5.56 Å². The van der Waals surface area contributed by atoms with Crippen LogP contribution in [0.25, 0.3) is 11.5 Å². The molecule has 3 N–H and O–H groups in total. The van der Waals surface area contributed by atoms with E-state index in [1.165, 1.54) is 30.5 Å². The molecule has 1 aromatic carbocycles. The van der Waals surface area contributed by atoms with Gasteiger partial charge in [-0.25, -0.2) is 0 Å². The number of furan rings is 1. The quantitative estimate of drug-likeness (QED) is 0.423. The fourth-order valence-corrected chi connectivity index (χ4v) is 3.00. The molecule has 33 heavy (non-hydrogen) atoms. The van der Waals surface area contributed by atoms with Crippen LogP contribution < -0.4 is 30.6 Å². The van der Waals surface area contributed by atoms with Gasteiger partial charge in [0.15, 0.2) is 11.5 Å². The average molecular weight is 455 g/mol. The Kier molecular flexibility index (Phi) is 7.74. The molecule has 0 radical (unpaired) electrons. The predicted molar refractivity (Wildman–Crippen MR) is 120 cm³/mol. The first-order valence-electron chi connectivity index (χ1n) is 10.4. The number of ether oxygens (including phenoxy) is 3. The third-order valence-corrected chi connectivity index (χ3v) is 4.40. The number of rotatable bonds is 9. The van der Waals surface area contributed by atoms with Gasteiger partial charge in [0.25, 0.3) is 17.4 Å². The maximum absolute atomic E-state index is 12.7. The normalized spacial score (nSPS) is 10.4. The van der Waals surface area contributed by atoms with Crippen LogP contribution in [0.5, 0.6) is 17.2 Å². The number of carbonyl (C=O) groups excluding carboxylic acids is 2. The second kappa shape index (κ2) is 10.9. The van der Waals surface area contributed by atoms with Crippen LogP contribution in [0.3, 0.4) is 0 Å². The highest BCUT2D eigenvalue weighted by Crippen LogP contribution is 2.39. The molecule has 3 rings (SSSR count). The van der Waals surface area contributed by atoms with Crippen LogP contribution in [-0.2, 0) is 0 Å². The van der Waals surface area contributed by atoms with Crippen LogP contribution in [0.1, 0.15) is 41.5 Å². The Morgan fingerprint density at radius 1 is 0.909 bits per heavy atom. The maximum Gasteiger partial charge on any atom is 0.275 e. The van der Waals surface area contributed by atoms with Gasteiger partial charge in [-0.05, 0) is 57.2 Å². The number of aromatic amines is 1. The van der Waals surface area contributed by atoms with E-state index < -0.39 is 17.4 Å². The molecule has 10 nitrogen and oxygen atoms in total. The van der Waals surface area contributed by atoms with Crippen molar-refractivity contribution in [2.45, 2.75) is 20.8 Å². The molecule has 3 aromatic rings. The topological polar surface area (TPSA) is 132 Å². The van der Waals surface area contributed by atoms with Crippen LogP contribution in [0.15, 0.2) is 51.9 Å². The van der Waals surface area contributed by atoms with E-state index in [4.69, 9.17) is 18.6 Å². The highest BCUT2D eigenvalue weighted by molar-refractivity contribution is 5.99. The Morgan fingerprint density at radius 3 is 2.09 bits per heavy atom. The molecule has 0 saturated carbocycles. The van der Waals surface area contributed by atoms with Crippen LogP contribution in [0.2, 0.25) is 0 Å². The molecule has 0 atom stereocenters. The number of carbonyl (C=O) groups is 2. The molecule has 2 heterocycles. The third-order valence-electron chi connectivity index (χ3n) is 4.40. The lowest BCUT2D eigenvalue weighted by Gasteiger charge is -2.17. The summed E-state index contributed by atoms with van der Waals surface area (Å²) in [5.74, 6) is 0.120. The summed E-state index contributed by atoms with van der Waals surface area (Å²) in [4.78, 5) is 40.0. The van der Waals surface area contributed by atoms with E-state index in [0.29, 0.717) is 48.5 Å². The number of nitrogens with one attached hydrogen (secondary N) is 3. The number of H-pyrrole nitrogens is 1. The van der Waals surface area contributed by atoms with Gasteiger partial charge in [0.2, 0.25) is 5.75 Å². The molecule has 0 bridgehead atoms. The summed E-state index contributed by atoms with van der Waals surface area (Å²) in [5.41, 5.74) is 4.32. The molecule has 2 aromatic heterocycles. The Labute approximate surface area is 189 Å². The fraction of sp³-hybridized carbons (Fsp3) is 0.261. The molecule has 0 unspecified atom stereocenters. The zero-order valence-electron chi connectivity index (χ0n) is 18.5. The second-order valence-corrected chi connectivity index (χ2v) is 6.60. The van der Waals surface area contributed by atoms with Gasteiger partial charge >= 0.3 is 0 Å².